The summed E-state index contributed by atoms with van der Waals surface area (Å²) >= 11 is 3.20. The lowest BCUT2D eigenvalue weighted by Crippen LogP contribution is -2.43. The van der Waals surface area contributed by atoms with E-state index in [2.05, 4.69) is 36.7 Å². The summed E-state index contributed by atoms with van der Waals surface area (Å²) in [7, 11) is -2.15. The predicted molar refractivity (Wildman–Crippen MR) is 81.9 cm³/mol. The van der Waals surface area contributed by atoms with Gasteiger partial charge >= 0.3 is 6.18 Å². The van der Waals surface area contributed by atoms with Gasteiger partial charge in [0.2, 0.25) is 8.32 Å². The van der Waals surface area contributed by atoms with Crippen molar-refractivity contribution >= 4 is 24.2 Å². The molecule has 0 fully saturated rings. The molecule has 0 radical (unpaired) electrons. The summed E-state index contributed by atoms with van der Waals surface area (Å²) in [5, 5.41) is 0.306. The van der Waals surface area contributed by atoms with Gasteiger partial charge in [0, 0.05) is 5.33 Å². The summed E-state index contributed by atoms with van der Waals surface area (Å²) in [6, 6.07) is 3.91. The van der Waals surface area contributed by atoms with Crippen molar-refractivity contribution in [2.24, 2.45) is 0 Å². The molecule has 0 aromatic heterocycles. The molecule has 0 bridgehead atoms. The summed E-state index contributed by atoms with van der Waals surface area (Å²) in [5.74, 6) is 0.306. The highest BCUT2D eigenvalue weighted by Gasteiger charge is 2.39. The van der Waals surface area contributed by atoms with Crippen molar-refractivity contribution in [2.75, 3.05) is 0 Å². The second-order valence-electron chi connectivity index (χ2n) is 6.36. The Labute approximate surface area is 127 Å². The molecule has 0 saturated heterocycles. The maximum atomic E-state index is 12.9. The van der Waals surface area contributed by atoms with Gasteiger partial charge in [0.15, 0.2) is 0 Å². The van der Waals surface area contributed by atoms with E-state index in [0.717, 1.165) is 12.1 Å². The SMILES string of the molecule is CC(C)(C)[Si](C)(C)Oc1cc(CBr)cc(C(F)(F)F)c1. The van der Waals surface area contributed by atoms with E-state index < -0.39 is 20.1 Å². The number of rotatable bonds is 3. The monoisotopic (exact) mass is 368 g/mol. The number of hydrogen-bond donors (Lipinski definition) is 0. The van der Waals surface area contributed by atoms with Crippen LogP contribution in [0.5, 0.6) is 5.75 Å². The summed E-state index contributed by atoms with van der Waals surface area (Å²) in [6.07, 6.45) is -4.36. The fourth-order valence-corrected chi connectivity index (χ4v) is 2.75. The van der Waals surface area contributed by atoms with E-state index in [1.807, 2.05) is 13.1 Å². The van der Waals surface area contributed by atoms with Gasteiger partial charge < -0.3 is 4.43 Å². The molecule has 0 unspecified atom stereocenters. The third-order valence-corrected chi connectivity index (χ3v) is 8.63. The maximum Gasteiger partial charge on any atom is 0.416 e. The Morgan fingerprint density at radius 2 is 1.65 bits per heavy atom. The molecule has 0 aliphatic carbocycles. The van der Waals surface area contributed by atoms with Crippen molar-refractivity contribution in [3.8, 4) is 5.75 Å². The lowest BCUT2D eigenvalue weighted by atomic mass is 10.1. The first-order chi connectivity index (χ1) is 8.87. The third-order valence-electron chi connectivity index (χ3n) is 3.63. The Morgan fingerprint density at radius 3 is 2.05 bits per heavy atom. The Morgan fingerprint density at radius 1 is 1.10 bits per heavy atom. The van der Waals surface area contributed by atoms with E-state index in [4.69, 9.17) is 4.43 Å². The van der Waals surface area contributed by atoms with E-state index in [0.29, 0.717) is 16.6 Å². The van der Waals surface area contributed by atoms with Crippen LogP contribution >= 0.6 is 15.9 Å². The first-order valence-electron chi connectivity index (χ1n) is 6.33. The fourth-order valence-electron chi connectivity index (χ4n) is 1.41. The Hall–Kier alpha value is -0.493. The number of alkyl halides is 4. The predicted octanol–water partition coefficient (Wildman–Crippen LogP) is 5.98. The minimum absolute atomic E-state index is 0.0597. The van der Waals surface area contributed by atoms with Crippen molar-refractivity contribution in [1.29, 1.82) is 0 Å². The second-order valence-corrected chi connectivity index (χ2v) is 11.6. The van der Waals surface area contributed by atoms with Crippen molar-refractivity contribution in [3.63, 3.8) is 0 Å². The normalized spacial score (nSPS) is 13.4. The largest absolute Gasteiger partial charge is 0.543 e. The Kier molecular flexibility index (Phi) is 5.02. The first kappa shape index (κ1) is 17.6. The lowest BCUT2D eigenvalue weighted by Gasteiger charge is -2.36. The summed E-state index contributed by atoms with van der Waals surface area (Å²) in [4.78, 5) is 0. The van der Waals surface area contributed by atoms with E-state index in [9.17, 15) is 13.2 Å². The van der Waals surface area contributed by atoms with Crippen LogP contribution in [-0.4, -0.2) is 8.32 Å². The van der Waals surface area contributed by atoms with Crippen molar-refractivity contribution < 1.29 is 17.6 Å². The molecule has 1 aromatic rings. The van der Waals surface area contributed by atoms with E-state index in [1.165, 1.54) is 0 Å². The number of benzene rings is 1. The highest BCUT2D eigenvalue weighted by Crippen LogP contribution is 2.39. The molecule has 6 heteroatoms. The van der Waals surface area contributed by atoms with Gasteiger partial charge in [0.25, 0.3) is 0 Å². The molecular formula is C14H20BrF3OSi. The first-order valence-corrected chi connectivity index (χ1v) is 10.4. The standard InChI is InChI=1S/C14H20BrF3OSi/c1-13(2,3)20(4,5)19-12-7-10(9-15)6-11(8-12)14(16,17)18/h6-8H,9H2,1-5H3. The molecule has 114 valence electrons. The molecule has 0 N–H and O–H groups in total. The second kappa shape index (κ2) is 5.71. The zero-order chi connectivity index (χ0) is 15.8. The van der Waals surface area contributed by atoms with E-state index in [1.54, 1.807) is 6.07 Å². The van der Waals surface area contributed by atoms with Crippen molar-refractivity contribution in [1.82, 2.24) is 0 Å². The van der Waals surface area contributed by atoms with Crippen LogP contribution in [0.15, 0.2) is 18.2 Å². The van der Waals surface area contributed by atoms with Gasteiger partial charge in [0.1, 0.15) is 5.75 Å². The molecular weight excluding hydrogens is 349 g/mol. The Bertz CT molecular complexity index is 478. The van der Waals surface area contributed by atoms with Crippen LogP contribution in [0.4, 0.5) is 13.2 Å². The van der Waals surface area contributed by atoms with Crippen LogP contribution in [0.25, 0.3) is 0 Å². The van der Waals surface area contributed by atoms with Crippen LogP contribution in [0.3, 0.4) is 0 Å². The van der Waals surface area contributed by atoms with Crippen LogP contribution in [0.1, 0.15) is 31.9 Å². The molecule has 0 heterocycles. The van der Waals surface area contributed by atoms with Crippen LogP contribution in [0, 0.1) is 0 Å². The zero-order valence-corrected chi connectivity index (χ0v) is 14.9. The van der Waals surface area contributed by atoms with Gasteiger partial charge in [0.05, 0.1) is 5.56 Å². The highest BCUT2D eigenvalue weighted by atomic mass is 79.9. The van der Waals surface area contributed by atoms with Crippen molar-refractivity contribution in [3.05, 3.63) is 29.3 Å². The summed E-state index contributed by atoms with van der Waals surface area (Å²) < 4.78 is 44.6. The van der Waals surface area contributed by atoms with E-state index >= 15 is 0 Å². The third kappa shape index (κ3) is 4.25. The zero-order valence-electron chi connectivity index (χ0n) is 12.4. The molecule has 20 heavy (non-hydrogen) atoms. The topological polar surface area (TPSA) is 9.23 Å². The average molecular weight is 369 g/mol. The summed E-state index contributed by atoms with van der Waals surface area (Å²) in [6.45, 7) is 10.2. The molecule has 0 amide bonds. The molecule has 1 nitrogen and oxygen atoms in total. The van der Waals surface area contributed by atoms with Crippen LogP contribution < -0.4 is 4.43 Å². The average Bonchev–Trinajstić information content (AvgIpc) is 2.25. The van der Waals surface area contributed by atoms with Crippen LogP contribution in [-0.2, 0) is 11.5 Å². The fraction of sp³-hybridized carbons (Fsp3) is 0.571. The van der Waals surface area contributed by atoms with Gasteiger partial charge in [-0.3, -0.25) is 0 Å². The van der Waals surface area contributed by atoms with Crippen LogP contribution in [0.2, 0.25) is 18.1 Å². The minimum Gasteiger partial charge on any atom is -0.543 e. The van der Waals surface area contributed by atoms with E-state index in [-0.39, 0.29) is 5.04 Å². The van der Waals surface area contributed by atoms with Gasteiger partial charge in [-0.2, -0.15) is 13.2 Å². The highest BCUT2D eigenvalue weighted by molar-refractivity contribution is 9.08. The smallest absolute Gasteiger partial charge is 0.416 e. The lowest BCUT2D eigenvalue weighted by molar-refractivity contribution is -0.137. The summed E-state index contributed by atoms with van der Waals surface area (Å²) in [5.41, 5.74) is -0.100. The number of halogens is 4. The molecule has 1 aromatic carbocycles. The quantitative estimate of drug-likeness (QED) is 0.470. The maximum absolute atomic E-state index is 12.9. The molecule has 0 aliphatic rings. The molecule has 0 atom stereocenters. The van der Waals surface area contributed by atoms with Gasteiger partial charge in [-0.25, -0.2) is 0 Å². The molecule has 0 spiro atoms. The Balaban J connectivity index is 3.20. The van der Waals surface area contributed by atoms with Gasteiger partial charge in [-0.05, 0) is 41.9 Å². The number of hydrogen-bond acceptors (Lipinski definition) is 1. The molecule has 0 saturated carbocycles. The van der Waals surface area contributed by atoms with Gasteiger partial charge in [-0.15, -0.1) is 0 Å². The molecule has 0 aliphatic heterocycles. The van der Waals surface area contributed by atoms with Crippen molar-refractivity contribution in [2.45, 2.75) is 50.4 Å². The van der Waals surface area contributed by atoms with Gasteiger partial charge in [-0.1, -0.05) is 36.7 Å². The molecule has 1 rings (SSSR count). The minimum atomic E-state index is -4.36.